The second-order valence-corrected chi connectivity index (χ2v) is 5.58. The van der Waals surface area contributed by atoms with Gasteiger partial charge in [-0.15, -0.1) is 0 Å². The average molecular weight is 320 g/mol. The van der Waals surface area contributed by atoms with Crippen molar-refractivity contribution >= 4 is 28.8 Å². The number of aromatic amines is 1. The Labute approximate surface area is 128 Å². The Morgan fingerprint density at radius 1 is 1.18 bits per heavy atom. The molecule has 3 aromatic rings. The summed E-state index contributed by atoms with van der Waals surface area (Å²) in [7, 11) is 0. The van der Waals surface area contributed by atoms with Crippen LogP contribution in [0.15, 0.2) is 41.6 Å². The van der Waals surface area contributed by atoms with Gasteiger partial charge in [0.05, 0.1) is 16.6 Å². The molecule has 0 amide bonds. The van der Waals surface area contributed by atoms with Crippen LogP contribution in [0.25, 0.3) is 11.0 Å². The number of carbonyl (C=O) groups is 1. The van der Waals surface area contributed by atoms with Crippen molar-refractivity contribution in [2.24, 2.45) is 0 Å². The topological polar surface area (TPSA) is 66.0 Å². The van der Waals surface area contributed by atoms with Gasteiger partial charge in [-0.05, 0) is 17.7 Å². The van der Waals surface area contributed by atoms with Crippen molar-refractivity contribution < 1.29 is 18.7 Å². The van der Waals surface area contributed by atoms with Gasteiger partial charge < -0.3 is 10.1 Å². The van der Waals surface area contributed by atoms with Crippen molar-refractivity contribution in [3.05, 3.63) is 59.2 Å². The van der Waals surface area contributed by atoms with Gasteiger partial charge in [-0.25, -0.2) is 18.6 Å². The van der Waals surface area contributed by atoms with E-state index in [4.69, 9.17) is 5.11 Å². The lowest BCUT2D eigenvalue weighted by molar-refractivity contribution is 0.0697. The van der Waals surface area contributed by atoms with Gasteiger partial charge in [0.1, 0.15) is 0 Å². The molecular weight excluding hydrogens is 310 g/mol. The summed E-state index contributed by atoms with van der Waals surface area (Å²) in [6.07, 6.45) is 0. The molecule has 22 heavy (non-hydrogen) atoms. The van der Waals surface area contributed by atoms with Crippen molar-refractivity contribution in [1.29, 1.82) is 0 Å². The van der Waals surface area contributed by atoms with E-state index >= 15 is 0 Å². The molecule has 0 saturated carbocycles. The number of nitrogens with zero attached hydrogens (tertiary/aromatic N) is 1. The summed E-state index contributed by atoms with van der Waals surface area (Å²) in [5.41, 5.74) is 1.95. The summed E-state index contributed by atoms with van der Waals surface area (Å²) in [5, 5.41) is 9.37. The second kappa shape index (κ2) is 5.76. The first-order valence-electron chi connectivity index (χ1n) is 6.33. The van der Waals surface area contributed by atoms with E-state index in [2.05, 4.69) is 9.97 Å². The number of halogens is 2. The van der Waals surface area contributed by atoms with Gasteiger partial charge in [-0.3, -0.25) is 0 Å². The Morgan fingerprint density at radius 2 is 1.86 bits per heavy atom. The zero-order valence-corrected chi connectivity index (χ0v) is 12.0. The molecule has 0 aliphatic heterocycles. The van der Waals surface area contributed by atoms with Crippen LogP contribution in [0, 0.1) is 11.6 Å². The lowest BCUT2D eigenvalue weighted by atomic mass is 10.1. The Bertz CT molecular complexity index is 808. The van der Waals surface area contributed by atoms with E-state index in [-0.39, 0.29) is 5.56 Å². The summed E-state index contributed by atoms with van der Waals surface area (Å²) in [6, 6.07) is 8.62. The van der Waals surface area contributed by atoms with Crippen LogP contribution < -0.4 is 0 Å². The number of H-pyrrole nitrogens is 1. The number of fused-ring (bicyclic) bond motifs is 1. The lowest BCUT2D eigenvalue weighted by Crippen LogP contribution is -1.95. The van der Waals surface area contributed by atoms with Gasteiger partial charge >= 0.3 is 5.97 Å². The quantitative estimate of drug-likeness (QED) is 0.717. The highest BCUT2D eigenvalue weighted by Gasteiger charge is 2.09. The molecular formula is C15H10F2N2O2S. The standard InChI is InChI=1S/C15H10F2N2O2S/c16-10-5-12-13(6-11(10)17)19-15(18-12)22-7-8-1-3-9(4-2-8)14(20)21/h1-6H,7H2,(H,18,19)(H,20,21). The molecule has 1 aromatic heterocycles. The summed E-state index contributed by atoms with van der Waals surface area (Å²) in [5.74, 6) is -2.26. The van der Waals surface area contributed by atoms with Gasteiger partial charge in [0.15, 0.2) is 16.8 Å². The number of hydrogen-bond donors (Lipinski definition) is 2. The molecule has 0 bridgehead atoms. The molecule has 3 rings (SSSR count). The molecule has 0 atom stereocenters. The minimum atomic E-state index is -0.972. The molecule has 4 nitrogen and oxygen atoms in total. The molecule has 112 valence electrons. The minimum absolute atomic E-state index is 0.225. The molecule has 1 heterocycles. The number of thioether (sulfide) groups is 1. The van der Waals surface area contributed by atoms with Crippen LogP contribution in [0.5, 0.6) is 0 Å². The number of hydrogen-bond acceptors (Lipinski definition) is 3. The average Bonchev–Trinajstić information content (AvgIpc) is 2.88. The number of rotatable bonds is 4. The summed E-state index contributed by atoms with van der Waals surface area (Å²) < 4.78 is 26.3. The fraction of sp³-hybridized carbons (Fsp3) is 0.0667. The molecule has 0 fully saturated rings. The summed E-state index contributed by atoms with van der Waals surface area (Å²) in [4.78, 5) is 17.9. The zero-order valence-electron chi connectivity index (χ0n) is 11.1. The maximum Gasteiger partial charge on any atom is 0.335 e. The number of aromatic carboxylic acids is 1. The predicted octanol–water partition coefficient (Wildman–Crippen LogP) is 3.83. The SMILES string of the molecule is O=C(O)c1ccc(CSc2nc3cc(F)c(F)cc3[nH]2)cc1. The minimum Gasteiger partial charge on any atom is -0.478 e. The summed E-state index contributed by atoms with van der Waals surface area (Å²) in [6.45, 7) is 0. The Hall–Kier alpha value is -2.41. The van der Waals surface area contributed by atoms with Gasteiger partial charge in [0.2, 0.25) is 0 Å². The van der Waals surface area contributed by atoms with Crippen molar-refractivity contribution in [2.75, 3.05) is 0 Å². The van der Waals surface area contributed by atoms with Crippen LogP contribution in [0.2, 0.25) is 0 Å². The lowest BCUT2D eigenvalue weighted by Gasteiger charge is -2.00. The number of aromatic nitrogens is 2. The van der Waals surface area contributed by atoms with Crippen molar-refractivity contribution in [3.8, 4) is 0 Å². The third-order valence-corrected chi connectivity index (χ3v) is 4.02. The molecule has 0 saturated heterocycles. The second-order valence-electron chi connectivity index (χ2n) is 4.62. The van der Waals surface area contributed by atoms with Crippen molar-refractivity contribution in [1.82, 2.24) is 9.97 Å². The van der Waals surface area contributed by atoms with Gasteiger partial charge in [0, 0.05) is 17.9 Å². The first-order valence-corrected chi connectivity index (χ1v) is 7.31. The van der Waals surface area contributed by atoms with Gasteiger partial charge in [-0.1, -0.05) is 23.9 Å². The Kier molecular flexibility index (Phi) is 3.81. The summed E-state index contributed by atoms with van der Waals surface area (Å²) >= 11 is 1.37. The Balaban J connectivity index is 1.74. The van der Waals surface area contributed by atoms with Crippen LogP contribution >= 0.6 is 11.8 Å². The van der Waals surface area contributed by atoms with Crippen LogP contribution in [-0.2, 0) is 5.75 Å². The van der Waals surface area contributed by atoms with E-state index in [1.165, 1.54) is 23.9 Å². The molecule has 2 N–H and O–H groups in total. The Morgan fingerprint density at radius 3 is 2.55 bits per heavy atom. The van der Waals surface area contributed by atoms with Crippen LogP contribution in [0.1, 0.15) is 15.9 Å². The van der Waals surface area contributed by atoms with Crippen molar-refractivity contribution in [2.45, 2.75) is 10.9 Å². The van der Waals surface area contributed by atoms with E-state index in [0.717, 1.165) is 17.7 Å². The smallest absolute Gasteiger partial charge is 0.335 e. The molecule has 0 aliphatic rings. The van der Waals surface area contributed by atoms with Crippen LogP contribution in [-0.4, -0.2) is 21.0 Å². The number of imidazole rings is 1. The molecule has 7 heteroatoms. The molecule has 0 radical (unpaired) electrons. The maximum atomic E-state index is 13.1. The van der Waals surface area contributed by atoms with E-state index < -0.39 is 17.6 Å². The van der Waals surface area contributed by atoms with E-state index in [9.17, 15) is 13.6 Å². The first-order chi connectivity index (χ1) is 10.5. The number of carboxylic acids is 1. The highest BCUT2D eigenvalue weighted by Crippen LogP contribution is 2.24. The van der Waals surface area contributed by atoms with Crippen molar-refractivity contribution in [3.63, 3.8) is 0 Å². The van der Waals surface area contributed by atoms with E-state index in [1.54, 1.807) is 12.1 Å². The number of carboxylic acid groups (broad SMARTS) is 1. The van der Waals surface area contributed by atoms with Crippen LogP contribution in [0.4, 0.5) is 8.78 Å². The fourth-order valence-electron chi connectivity index (χ4n) is 1.95. The maximum absolute atomic E-state index is 13.1. The van der Waals surface area contributed by atoms with Gasteiger partial charge in [0.25, 0.3) is 0 Å². The number of benzene rings is 2. The van der Waals surface area contributed by atoms with Crippen LogP contribution in [0.3, 0.4) is 0 Å². The largest absolute Gasteiger partial charge is 0.478 e. The third-order valence-electron chi connectivity index (χ3n) is 3.08. The van der Waals surface area contributed by atoms with Gasteiger partial charge in [-0.2, -0.15) is 0 Å². The third kappa shape index (κ3) is 2.94. The van der Waals surface area contributed by atoms with E-state index in [0.29, 0.717) is 21.9 Å². The zero-order chi connectivity index (χ0) is 15.7. The monoisotopic (exact) mass is 320 g/mol. The molecule has 0 spiro atoms. The molecule has 0 unspecified atom stereocenters. The first kappa shape index (κ1) is 14.5. The normalized spacial score (nSPS) is 11.0. The molecule has 2 aromatic carbocycles. The highest BCUT2D eigenvalue weighted by molar-refractivity contribution is 7.98. The number of nitrogens with one attached hydrogen (secondary N) is 1. The molecule has 0 aliphatic carbocycles. The fourth-order valence-corrected chi connectivity index (χ4v) is 2.79. The highest BCUT2D eigenvalue weighted by atomic mass is 32.2. The van der Waals surface area contributed by atoms with E-state index in [1.807, 2.05) is 0 Å². The predicted molar refractivity (Wildman–Crippen MR) is 79.0 cm³/mol.